The van der Waals surface area contributed by atoms with Gasteiger partial charge in [0.15, 0.2) is 9.84 Å². The fraction of sp³-hybridized carbons (Fsp3) is 0.250. The van der Waals surface area contributed by atoms with Gasteiger partial charge in [0, 0.05) is 41.8 Å². The summed E-state index contributed by atoms with van der Waals surface area (Å²) in [5, 5.41) is 0. The molecule has 0 saturated heterocycles. The maximum Gasteiger partial charge on any atom is 0.177 e. The van der Waals surface area contributed by atoms with Crippen molar-refractivity contribution in [3.63, 3.8) is 0 Å². The molecule has 2 rings (SSSR count). The van der Waals surface area contributed by atoms with Crippen LogP contribution in [0.25, 0.3) is 0 Å². The van der Waals surface area contributed by atoms with Crippen molar-refractivity contribution in [1.82, 2.24) is 0 Å². The summed E-state index contributed by atoms with van der Waals surface area (Å²) in [5.74, 6) is 0. The maximum atomic E-state index is 11.9. The molecule has 0 aromatic heterocycles. The predicted molar refractivity (Wildman–Crippen MR) is 90.4 cm³/mol. The number of sulfone groups is 1. The Morgan fingerprint density at radius 1 is 1.05 bits per heavy atom. The second-order valence-corrected chi connectivity index (χ2v) is 8.56. The molecular weight excluding hydrogens is 318 g/mol. The zero-order valence-electron chi connectivity index (χ0n) is 12.8. The van der Waals surface area contributed by atoms with Crippen molar-refractivity contribution in [2.75, 3.05) is 24.5 Å². The summed E-state index contributed by atoms with van der Waals surface area (Å²) in [6.07, 6.45) is 2.86. The van der Waals surface area contributed by atoms with Crippen molar-refractivity contribution in [3.8, 4) is 0 Å². The molecule has 0 aliphatic carbocycles. The lowest BCUT2D eigenvalue weighted by atomic mass is 10.2. The number of rotatable bonds is 5. The van der Waals surface area contributed by atoms with Crippen molar-refractivity contribution in [2.45, 2.75) is 16.3 Å². The monoisotopic (exact) mass is 337 g/mol. The molecule has 0 heterocycles. The van der Waals surface area contributed by atoms with Gasteiger partial charge in [0.2, 0.25) is 0 Å². The van der Waals surface area contributed by atoms with Gasteiger partial charge in [-0.15, -0.1) is 0 Å². The fourth-order valence-corrected chi connectivity index (χ4v) is 3.68. The Bertz CT molecular complexity index is 783. The lowest BCUT2D eigenvalue weighted by molar-refractivity contribution is 0.601. The van der Waals surface area contributed by atoms with Crippen molar-refractivity contribution in [1.29, 1.82) is 0 Å². The van der Waals surface area contributed by atoms with Crippen LogP contribution in [-0.2, 0) is 27.2 Å². The minimum atomic E-state index is -3.27. The van der Waals surface area contributed by atoms with Crippen LogP contribution in [0.2, 0.25) is 0 Å². The molecule has 6 heteroatoms. The summed E-state index contributed by atoms with van der Waals surface area (Å²) in [6.45, 7) is 0.573. The van der Waals surface area contributed by atoms with Crippen LogP contribution in [-0.4, -0.2) is 32.2 Å². The van der Waals surface area contributed by atoms with Crippen LogP contribution in [0.15, 0.2) is 58.3 Å². The molecule has 0 bridgehead atoms. The summed E-state index contributed by atoms with van der Waals surface area (Å²) in [5.41, 5.74) is 1.70. The number of anilines is 1. The minimum absolute atomic E-state index is 0.323. The quantitative estimate of drug-likeness (QED) is 0.841. The van der Waals surface area contributed by atoms with Crippen LogP contribution < -0.4 is 4.90 Å². The predicted octanol–water partition coefficient (Wildman–Crippen LogP) is 2.46. The lowest BCUT2D eigenvalue weighted by Crippen LogP contribution is -2.19. The highest BCUT2D eigenvalue weighted by atomic mass is 32.2. The summed E-state index contributed by atoms with van der Waals surface area (Å²) in [6, 6.07) is 14.5. The number of hydrogen-bond donors (Lipinski definition) is 0. The van der Waals surface area contributed by atoms with Gasteiger partial charge in [-0.05, 0) is 29.8 Å². The number of para-hydroxylation sites is 1. The zero-order chi connectivity index (χ0) is 16.3. The molecule has 0 aliphatic rings. The van der Waals surface area contributed by atoms with E-state index in [4.69, 9.17) is 0 Å². The van der Waals surface area contributed by atoms with Gasteiger partial charge >= 0.3 is 0 Å². The van der Waals surface area contributed by atoms with Gasteiger partial charge in [-0.3, -0.25) is 4.21 Å². The number of nitrogens with zero attached hydrogens (tertiary/aromatic N) is 1. The maximum absolute atomic E-state index is 11.9. The van der Waals surface area contributed by atoms with Crippen LogP contribution in [0, 0.1) is 0 Å². The standard InChI is InChI=1S/C16H19NO3S2/c1-17(12-13-8-10-14(11-9-13)21(2)18)15-6-4-5-7-16(15)22(3,19)20/h4-11H,12H2,1-3H3. The average Bonchev–Trinajstić information content (AvgIpc) is 2.47. The van der Waals surface area contributed by atoms with Crippen molar-refractivity contribution < 1.29 is 12.6 Å². The molecule has 0 N–H and O–H groups in total. The molecule has 1 unspecified atom stereocenters. The van der Waals surface area contributed by atoms with Crippen LogP contribution in [0.5, 0.6) is 0 Å². The molecule has 2 aromatic carbocycles. The van der Waals surface area contributed by atoms with E-state index in [1.165, 1.54) is 6.26 Å². The topological polar surface area (TPSA) is 54.5 Å². The van der Waals surface area contributed by atoms with Gasteiger partial charge < -0.3 is 4.90 Å². The molecule has 22 heavy (non-hydrogen) atoms. The minimum Gasteiger partial charge on any atom is -0.369 e. The Kier molecular flexibility index (Phi) is 5.03. The third-order valence-corrected chi connectivity index (χ3v) is 5.43. The number of hydrogen-bond acceptors (Lipinski definition) is 4. The second-order valence-electron chi connectivity index (χ2n) is 5.19. The van der Waals surface area contributed by atoms with E-state index >= 15 is 0 Å². The van der Waals surface area contributed by atoms with Gasteiger partial charge in [0.25, 0.3) is 0 Å². The molecule has 0 saturated carbocycles. The van der Waals surface area contributed by atoms with E-state index in [0.29, 0.717) is 17.1 Å². The van der Waals surface area contributed by atoms with Gasteiger partial charge in [0.05, 0.1) is 10.6 Å². The number of benzene rings is 2. The second kappa shape index (κ2) is 6.62. The lowest BCUT2D eigenvalue weighted by Gasteiger charge is -2.22. The highest BCUT2D eigenvalue weighted by Gasteiger charge is 2.15. The van der Waals surface area contributed by atoms with Crippen molar-refractivity contribution in [3.05, 3.63) is 54.1 Å². The molecule has 118 valence electrons. The Balaban J connectivity index is 2.26. The first kappa shape index (κ1) is 16.7. The van der Waals surface area contributed by atoms with Gasteiger partial charge in [-0.1, -0.05) is 24.3 Å². The van der Waals surface area contributed by atoms with E-state index in [1.54, 1.807) is 24.5 Å². The van der Waals surface area contributed by atoms with E-state index < -0.39 is 20.6 Å². The van der Waals surface area contributed by atoms with Crippen molar-refractivity contribution >= 4 is 26.3 Å². The molecular formula is C16H19NO3S2. The molecule has 0 fully saturated rings. The van der Waals surface area contributed by atoms with E-state index in [2.05, 4.69) is 0 Å². The first-order valence-electron chi connectivity index (χ1n) is 6.71. The molecule has 0 spiro atoms. The summed E-state index contributed by atoms with van der Waals surface area (Å²) >= 11 is 0. The fourth-order valence-electron chi connectivity index (χ4n) is 2.23. The van der Waals surface area contributed by atoms with Crippen LogP contribution in [0.3, 0.4) is 0 Å². The van der Waals surface area contributed by atoms with E-state index in [-0.39, 0.29) is 0 Å². The van der Waals surface area contributed by atoms with Gasteiger partial charge in [0.1, 0.15) is 0 Å². The van der Waals surface area contributed by atoms with E-state index in [0.717, 1.165) is 10.5 Å². The molecule has 1 atom stereocenters. The summed E-state index contributed by atoms with van der Waals surface area (Å²) in [7, 11) is -2.41. The van der Waals surface area contributed by atoms with Gasteiger partial charge in [-0.25, -0.2) is 8.42 Å². The van der Waals surface area contributed by atoms with Crippen LogP contribution in [0.1, 0.15) is 5.56 Å². The third-order valence-electron chi connectivity index (χ3n) is 3.35. The molecule has 2 aromatic rings. The summed E-state index contributed by atoms with van der Waals surface area (Å²) < 4.78 is 35.1. The van der Waals surface area contributed by atoms with Crippen LogP contribution in [0.4, 0.5) is 5.69 Å². The average molecular weight is 337 g/mol. The first-order chi connectivity index (χ1) is 10.3. The Labute approximate surface area is 134 Å². The molecule has 0 amide bonds. The normalized spacial score (nSPS) is 12.9. The Morgan fingerprint density at radius 2 is 1.64 bits per heavy atom. The van der Waals surface area contributed by atoms with E-state index in [1.807, 2.05) is 42.3 Å². The van der Waals surface area contributed by atoms with Crippen LogP contribution >= 0.6 is 0 Å². The summed E-state index contributed by atoms with van der Waals surface area (Å²) in [4.78, 5) is 3.00. The highest BCUT2D eigenvalue weighted by molar-refractivity contribution is 7.90. The molecule has 0 aliphatic heterocycles. The third kappa shape index (κ3) is 3.96. The first-order valence-corrected chi connectivity index (χ1v) is 10.2. The SMILES string of the molecule is CN(Cc1ccc(S(C)=O)cc1)c1ccccc1S(C)(=O)=O. The van der Waals surface area contributed by atoms with Gasteiger partial charge in [-0.2, -0.15) is 0 Å². The molecule has 4 nitrogen and oxygen atoms in total. The largest absolute Gasteiger partial charge is 0.369 e. The molecule has 0 radical (unpaired) electrons. The smallest absolute Gasteiger partial charge is 0.177 e. The van der Waals surface area contributed by atoms with Crippen molar-refractivity contribution in [2.24, 2.45) is 0 Å². The Hall–Kier alpha value is -1.66. The highest BCUT2D eigenvalue weighted by Crippen LogP contribution is 2.25. The zero-order valence-corrected chi connectivity index (χ0v) is 14.4. The van der Waals surface area contributed by atoms with E-state index in [9.17, 15) is 12.6 Å². The Morgan fingerprint density at radius 3 is 2.18 bits per heavy atom.